The molecule has 0 saturated carbocycles. The van der Waals surface area contributed by atoms with Crippen LogP contribution in [-0.2, 0) is 45.0 Å². The molecule has 13 heterocycles. The zero-order valence-electron chi connectivity index (χ0n) is 76.5. The van der Waals surface area contributed by atoms with Crippen molar-refractivity contribution in [2.45, 2.75) is 117 Å². The van der Waals surface area contributed by atoms with Crippen LogP contribution in [0.15, 0.2) is 181 Å². The maximum absolute atomic E-state index is 13.2. The van der Waals surface area contributed by atoms with E-state index in [0.717, 1.165) is 70.7 Å². The maximum Gasteiger partial charge on any atom is 0.297 e. The minimum Gasteiger partial charge on any atom is -0.501 e. The average molecular weight is 1890 g/mol. The summed E-state index contributed by atoms with van der Waals surface area (Å²) >= 11 is 0. The Bertz CT molecular complexity index is 6070. The standard InChI is InChI=1S/C27H33N7O5Si.C22H21N7O4.C14H17N5O2.C14H22N2O4Si.C13H15N3O2.ClH/c1-18-30-25(33-39-18)20-7-5-19(6-8-20)22-15-34(11-12-37-22)27-31-23(21-9-10-28-16-29-21)24(26(35)32-27)38-17-36-13-14-40(2,3)4;1-13-25-20(27-33-13)15-5-3-14(4-6-15)17-11-29(9-10-32-17)22-26-18(16-7-8-23-12-24-16)19(30)21(31)28(22)2;1-9-17-13(18-21-9)11-4-2-10(3-5-11)12-8-19(14(15)16)6-7-20-12;1-11(17)14(13(18)12-5-6-15-9-16-12)20-10-19-7-8-21(2,3)4;1-9-15-13(16-18-9)11-4-2-10(3-5-11)12-8-14-6-7-17-12;/h5-10,16,22H,11-15,17H2,1-4H3,(H,31,32,35);3-8,12,17,30H,9-11H2,1-2H3;2-5,12H,6-8H2,1H3,(H3,15,16);5-6,9,14H,7-8,10H2,1-4H3;2-5,12,14H,6-8H2,1H3;1H/t22-;17-;12-;;12-;/m111.1./s1. The molecule has 13 aromatic rings. The van der Waals surface area contributed by atoms with Crippen molar-refractivity contribution in [3.8, 4) is 79.8 Å². The first-order chi connectivity index (χ1) is 64.0. The second kappa shape index (κ2) is 47.3. The van der Waals surface area contributed by atoms with Crippen molar-refractivity contribution in [3.63, 3.8) is 0 Å². The summed E-state index contributed by atoms with van der Waals surface area (Å²) < 4.78 is 67.0. The number of Topliss-reactive ketones (excluding diaryl/α,β-unsaturated/α-hetero) is 2. The third-order valence-corrected chi connectivity index (χ3v) is 24.5. The Hall–Kier alpha value is -13.3. The summed E-state index contributed by atoms with van der Waals surface area (Å²) in [6.45, 7) is 30.3. The molecule has 5 atom stereocenters. The molecule has 4 saturated heterocycles. The fourth-order valence-corrected chi connectivity index (χ4v) is 15.3. The number of aromatic nitrogens is 18. The molecule has 706 valence electrons. The second-order valence-electron chi connectivity index (χ2n) is 33.6. The van der Waals surface area contributed by atoms with Crippen molar-refractivity contribution in [2.75, 3.05) is 115 Å². The molecule has 0 amide bonds. The van der Waals surface area contributed by atoms with E-state index in [1.165, 1.54) is 54.5 Å². The highest BCUT2D eigenvalue weighted by molar-refractivity contribution is 6.76. The monoisotopic (exact) mass is 1890 g/mol. The molecule has 1 unspecified atom stereocenters. The number of ketones is 2. The third-order valence-electron chi connectivity index (χ3n) is 21.1. The average Bonchev–Trinajstić information content (AvgIpc) is 0.892. The molecular weight excluding hydrogens is 1780 g/mol. The molecule has 41 nitrogen and oxygen atoms in total. The largest absolute Gasteiger partial charge is 0.501 e. The molecule has 9 aromatic heterocycles. The van der Waals surface area contributed by atoms with E-state index in [1.54, 1.807) is 53.1 Å². The number of hydrogen-bond donors (Lipinski definition) is 5. The lowest BCUT2D eigenvalue weighted by molar-refractivity contribution is -0.134. The maximum atomic E-state index is 13.2. The van der Waals surface area contributed by atoms with Gasteiger partial charge in [0.15, 0.2) is 24.6 Å². The van der Waals surface area contributed by atoms with Crippen LogP contribution in [0.25, 0.3) is 68.3 Å². The predicted molar refractivity (Wildman–Crippen MR) is 499 cm³/mol. The SMILES string of the molecule is CC(=O)C(OCOCC[Si](C)(C)C)C(=O)c1ccncn1.Cc1nc(-c2ccc([C@H]3CN(C(=N)N)CCO3)cc2)no1.Cc1nc(-c2ccc([C@H]3CN(c4nc(-c5ccncn5)c(O)c(=O)n4C)CCO3)cc2)no1.Cc1nc(-c2ccc([C@H]3CN(c4nc(-c5ccncn5)c(OCOCC[Si](C)(C)C)c(=O)[nH]4)CCO3)cc2)no1.Cc1nc(-c2ccc([C@H]3CNCCO3)cc2)no1.Cl. The van der Waals surface area contributed by atoms with Gasteiger partial charge in [0.25, 0.3) is 11.1 Å². The quantitative estimate of drug-likeness (QED) is 0.00607. The fourth-order valence-electron chi connectivity index (χ4n) is 13.8. The molecule has 0 radical (unpaired) electrons. The lowest BCUT2D eigenvalue weighted by atomic mass is 10.1. The van der Waals surface area contributed by atoms with Crippen LogP contribution in [0.3, 0.4) is 0 Å². The van der Waals surface area contributed by atoms with E-state index < -0.39 is 44.9 Å². The summed E-state index contributed by atoms with van der Waals surface area (Å²) in [6, 6.07) is 38.3. The van der Waals surface area contributed by atoms with Gasteiger partial charge in [-0.3, -0.25) is 34.1 Å². The number of nitrogens with zero attached hydrogens (tertiary/aromatic N) is 20. The first kappa shape index (κ1) is 99.7. The zero-order chi connectivity index (χ0) is 94.1. The number of ether oxygens (including phenoxy) is 8. The third kappa shape index (κ3) is 27.9. The van der Waals surface area contributed by atoms with Crippen LogP contribution in [0.5, 0.6) is 11.5 Å². The number of aromatic amines is 1. The van der Waals surface area contributed by atoms with Gasteiger partial charge in [-0.15, -0.1) is 12.4 Å². The molecule has 4 fully saturated rings. The Kier molecular flexibility index (Phi) is 35.2. The molecule has 6 N–H and O–H groups in total. The van der Waals surface area contributed by atoms with Crippen LogP contribution in [0, 0.1) is 33.1 Å². The van der Waals surface area contributed by atoms with Gasteiger partial charge in [0.2, 0.25) is 76.0 Å². The number of morpholine rings is 4. The minimum absolute atomic E-state index is 0. The van der Waals surface area contributed by atoms with Crippen LogP contribution < -0.4 is 36.7 Å². The highest BCUT2D eigenvalue weighted by Gasteiger charge is 2.32. The van der Waals surface area contributed by atoms with E-state index in [4.69, 9.17) is 72.1 Å². The molecular formula is C90H109ClN24O17Si2. The van der Waals surface area contributed by atoms with Gasteiger partial charge in [0.1, 0.15) is 61.2 Å². The van der Waals surface area contributed by atoms with Gasteiger partial charge in [-0.2, -0.15) is 19.9 Å². The topological polar surface area (TPSA) is 513 Å². The summed E-state index contributed by atoms with van der Waals surface area (Å²) in [7, 11) is -0.817. The lowest BCUT2D eigenvalue weighted by Crippen LogP contribution is -2.45. The highest BCUT2D eigenvalue weighted by Crippen LogP contribution is 2.34. The van der Waals surface area contributed by atoms with Gasteiger partial charge >= 0.3 is 0 Å². The molecule has 0 aliphatic carbocycles. The number of nitrogens with two attached hydrogens (primary N) is 1. The lowest BCUT2D eigenvalue weighted by Gasteiger charge is -2.34. The van der Waals surface area contributed by atoms with Crippen LogP contribution in [0.2, 0.25) is 51.4 Å². The molecule has 17 rings (SSSR count). The van der Waals surface area contributed by atoms with E-state index in [-0.39, 0.29) is 79.3 Å². The smallest absolute Gasteiger partial charge is 0.297 e. The van der Waals surface area contributed by atoms with Crippen LogP contribution in [0.4, 0.5) is 11.9 Å². The van der Waals surface area contributed by atoms with Crippen molar-refractivity contribution in [1.29, 1.82) is 5.41 Å². The molecule has 4 aliphatic rings. The number of hydrogen-bond acceptors (Lipinski definition) is 37. The van der Waals surface area contributed by atoms with Gasteiger partial charge in [0, 0.05) is 138 Å². The summed E-state index contributed by atoms with van der Waals surface area (Å²) in [5.74, 6) is 4.12. The Morgan fingerprint density at radius 2 is 0.963 bits per heavy atom. The van der Waals surface area contributed by atoms with Crippen molar-refractivity contribution in [3.05, 3.63) is 225 Å². The van der Waals surface area contributed by atoms with Crippen LogP contribution in [0.1, 0.15) is 87.6 Å². The van der Waals surface area contributed by atoms with Gasteiger partial charge in [0.05, 0.1) is 63.6 Å². The number of aromatic hydroxyl groups is 1. The number of rotatable bonds is 27. The summed E-state index contributed by atoms with van der Waals surface area (Å²) in [4.78, 5) is 108. The van der Waals surface area contributed by atoms with E-state index >= 15 is 0 Å². The first-order valence-electron chi connectivity index (χ1n) is 43.1. The molecule has 4 aromatic carbocycles. The Labute approximate surface area is 779 Å². The van der Waals surface area contributed by atoms with Crippen molar-refractivity contribution in [1.82, 2.24) is 100 Å². The van der Waals surface area contributed by atoms with Crippen LogP contribution >= 0.6 is 12.4 Å². The second-order valence-corrected chi connectivity index (χ2v) is 44.8. The van der Waals surface area contributed by atoms with E-state index in [0.29, 0.717) is 148 Å². The van der Waals surface area contributed by atoms with Crippen LogP contribution in [-0.4, -0.2) is 245 Å². The molecule has 44 heteroatoms. The fraction of sp³-hybridized carbons (Fsp3) is 0.389. The number of anilines is 2. The number of nitrogens with one attached hydrogen (secondary N) is 3. The molecule has 134 heavy (non-hydrogen) atoms. The number of aryl methyl sites for hydroxylation is 4. The van der Waals surface area contributed by atoms with E-state index in [1.807, 2.05) is 99.6 Å². The first-order valence-corrected chi connectivity index (χ1v) is 50.5. The van der Waals surface area contributed by atoms with Gasteiger partial charge in [-0.1, -0.05) is 157 Å². The van der Waals surface area contributed by atoms with Gasteiger partial charge < -0.3 is 86.8 Å². The number of carbonyl (C=O) groups excluding carboxylic acids is 2. The normalized spacial score (nSPS) is 16.3. The number of carbonyl (C=O) groups is 2. The highest BCUT2D eigenvalue weighted by atomic mass is 35.5. The zero-order valence-corrected chi connectivity index (χ0v) is 79.3. The molecule has 4 aliphatic heterocycles. The summed E-state index contributed by atoms with van der Waals surface area (Å²) in [6.07, 6.45) is 7.03. The Balaban J connectivity index is 0.000000156. The van der Waals surface area contributed by atoms with Crippen molar-refractivity contribution in [2.24, 2.45) is 12.8 Å². The Morgan fingerprint density at radius 3 is 1.38 bits per heavy atom. The number of benzene rings is 4. The Morgan fingerprint density at radius 1 is 0.537 bits per heavy atom. The van der Waals surface area contributed by atoms with Crippen molar-refractivity contribution >= 4 is 58.0 Å². The van der Waals surface area contributed by atoms with Crippen molar-refractivity contribution < 1.29 is 70.7 Å². The minimum atomic E-state index is -1.24. The number of guanidine groups is 1. The van der Waals surface area contributed by atoms with E-state index in [2.05, 4.69) is 137 Å². The summed E-state index contributed by atoms with van der Waals surface area (Å²) in [5.41, 5.74) is 13.8. The predicted octanol–water partition coefficient (Wildman–Crippen LogP) is 11.1. The van der Waals surface area contributed by atoms with E-state index in [9.17, 15) is 24.3 Å². The molecule has 0 bridgehead atoms. The van der Waals surface area contributed by atoms with Gasteiger partial charge in [-0.25, -0.2) is 39.9 Å². The number of H-pyrrole nitrogens is 1. The number of halogens is 1. The van der Waals surface area contributed by atoms with Gasteiger partial charge in [-0.05, 0) is 59.5 Å². The molecule has 0 spiro atoms. The summed E-state index contributed by atoms with van der Waals surface area (Å²) in [5, 5.41) is 36.9.